The van der Waals surface area contributed by atoms with Crippen molar-refractivity contribution in [3.8, 4) is 5.75 Å². The van der Waals surface area contributed by atoms with E-state index in [0.717, 1.165) is 30.7 Å². The van der Waals surface area contributed by atoms with Crippen LogP contribution in [0.4, 0.5) is 19.0 Å². The van der Waals surface area contributed by atoms with Gasteiger partial charge in [-0.25, -0.2) is 18.2 Å². The molecule has 3 aliphatic rings. The molecule has 9 nitrogen and oxygen atoms in total. The number of rotatable bonds is 1. The number of fused-ring (bicyclic) bond motifs is 4. The molecule has 1 atom stereocenters. The first-order chi connectivity index (χ1) is 18.2. The Bertz CT molecular complexity index is 1420. The van der Waals surface area contributed by atoms with Gasteiger partial charge in [-0.3, -0.25) is 9.59 Å². The van der Waals surface area contributed by atoms with E-state index >= 15 is 0 Å². The first kappa shape index (κ1) is 24.5. The molecule has 1 aliphatic carbocycles. The Labute approximate surface area is 216 Å². The Morgan fingerprint density at radius 2 is 1.92 bits per heavy atom. The fraction of sp³-hybridized carbons (Fsp3) is 0.462. The van der Waals surface area contributed by atoms with E-state index in [2.05, 4.69) is 10.4 Å². The second kappa shape index (κ2) is 9.17. The fourth-order valence-corrected chi connectivity index (χ4v) is 5.08. The van der Waals surface area contributed by atoms with Gasteiger partial charge >= 0.3 is 0 Å². The van der Waals surface area contributed by atoms with Gasteiger partial charge in [0.05, 0.1) is 17.3 Å². The summed E-state index contributed by atoms with van der Waals surface area (Å²) in [6.45, 7) is 0.0997. The number of ether oxygens (including phenoxy) is 1. The lowest BCUT2D eigenvalue weighted by Crippen LogP contribution is -2.45. The second-order valence-corrected chi connectivity index (χ2v) is 10.2. The van der Waals surface area contributed by atoms with E-state index in [1.54, 1.807) is 10.6 Å². The molecule has 0 spiro atoms. The van der Waals surface area contributed by atoms with Crippen LogP contribution in [-0.2, 0) is 4.79 Å². The number of piperidine rings is 1. The molecule has 2 aliphatic heterocycles. The van der Waals surface area contributed by atoms with Crippen LogP contribution >= 0.6 is 0 Å². The van der Waals surface area contributed by atoms with Crippen molar-refractivity contribution in [2.24, 2.45) is 0 Å². The van der Waals surface area contributed by atoms with Crippen LogP contribution in [0.25, 0.3) is 5.65 Å². The fourth-order valence-electron chi connectivity index (χ4n) is 5.08. The van der Waals surface area contributed by atoms with Gasteiger partial charge in [0.25, 0.3) is 17.7 Å². The summed E-state index contributed by atoms with van der Waals surface area (Å²) in [5, 5.41) is 7.44. The summed E-state index contributed by atoms with van der Waals surface area (Å²) < 4.78 is 50.8. The van der Waals surface area contributed by atoms with Crippen molar-refractivity contribution < 1.29 is 27.5 Å². The molecule has 200 valence electrons. The first-order valence-electron chi connectivity index (χ1n) is 12.7. The summed E-state index contributed by atoms with van der Waals surface area (Å²) in [7, 11) is 1.86. The molecule has 1 saturated heterocycles. The van der Waals surface area contributed by atoms with Crippen LogP contribution in [0.15, 0.2) is 30.3 Å². The van der Waals surface area contributed by atoms with Crippen molar-refractivity contribution in [3.63, 3.8) is 0 Å². The lowest BCUT2D eigenvalue weighted by atomic mass is 9.95. The molecule has 38 heavy (non-hydrogen) atoms. The number of alkyl halides is 2. The minimum Gasteiger partial charge on any atom is -0.483 e. The molecule has 3 aromatic rings. The SMILES string of the molecule is CN1CCNC(=O)COc2ccc(F)cc2C(=O)N2CCC(F)(F)CC2c2cc3nc(C4CC4)cc1n3n2. The van der Waals surface area contributed by atoms with Crippen molar-refractivity contribution in [1.82, 2.24) is 24.8 Å². The number of carbonyl (C=O) groups excluding carboxylic acids is 2. The minimum absolute atomic E-state index is 0.000115. The Morgan fingerprint density at radius 3 is 2.71 bits per heavy atom. The van der Waals surface area contributed by atoms with E-state index in [0.29, 0.717) is 30.5 Å². The number of likely N-dealkylation sites (N-methyl/N-ethyl adjacent to an activating group) is 1. The normalized spacial score (nSPS) is 22.2. The maximum absolute atomic E-state index is 14.7. The van der Waals surface area contributed by atoms with Crippen molar-refractivity contribution in [3.05, 3.63) is 53.1 Å². The van der Waals surface area contributed by atoms with Crippen LogP contribution in [0.1, 0.15) is 59.4 Å². The van der Waals surface area contributed by atoms with Gasteiger partial charge in [-0.05, 0) is 31.0 Å². The zero-order valence-corrected chi connectivity index (χ0v) is 20.8. The number of nitrogens with one attached hydrogen (secondary N) is 1. The number of benzene rings is 1. The average molecular weight is 529 g/mol. The van der Waals surface area contributed by atoms with E-state index in [4.69, 9.17) is 9.72 Å². The Morgan fingerprint density at radius 1 is 1.11 bits per heavy atom. The van der Waals surface area contributed by atoms with Crippen LogP contribution in [-0.4, -0.2) is 70.5 Å². The van der Waals surface area contributed by atoms with Gasteiger partial charge in [-0.15, -0.1) is 0 Å². The molecule has 12 heteroatoms. The highest BCUT2D eigenvalue weighted by atomic mass is 19.3. The van der Waals surface area contributed by atoms with Crippen molar-refractivity contribution in [2.45, 2.75) is 43.6 Å². The zero-order valence-electron chi connectivity index (χ0n) is 20.8. The van der Waals surface area contributed by atoms with E-state index in [1.807, 2.05) is 18.0 Å². The van der Waals surface area contributed by atoms with Crippen LogP contribution in [0, 0.1) is 5.82 Å². The standard InChI is InChI=1S/C26H27F3N6O3/c1-33-9-7-30-23(36)14-38-21-5-4-16(27)10-17(21)25(37)34-8-6-26(28,29)13-20(34)19-11-22-31-18(15-2-3-15)12-24(33)35(22)32-19/h4-5,10-12,15,20H,2-3,6-9,13-14H2,1H3,(H,30,36). The summed E-state index contributed by atoms with van der Waals surface area (Å²) in [5.74, 6) is -3.75. The molecule has 0 radical (unpaired) electrons. The third-order valence-electron chi connectivity index (χ3n) is 7.32. The van der Waals surface area contributed by atoms with Crippen LogP contribution in [0.3, 0.4) is 0 Å². The number of halogens is 3. The van der Waals surface area contributed by atoms with Crippen molar-refractivity contribution >= 4 is 23.3 Å². The minimum atomic E-state index is -3.01. The number of aromatic nitrogens is 3. The Hall–Kier alpha value is -3.83. The molecule has 2 amide bonds. The van der Waals surface area contributed by atoms with Crippen LogP contribution < -0.4 is 15.0 Å². The molecule has 2 fully saturated rings. The smallest absolute Gasteiger partial charge is 0.258 e. The monoisotopic (exact) mass is 528 g/mol. The number of carbonyl (C=O) groups is 2. The van der Waals surface area contributed by atoms with Gasteiger partial charge in [0.15, 0.2) is 12.3 Å². The molecule has 6 rings (SSSR count). The van der Waals surface area contributed by atoms with Gasteiger partial charge < -0.3 is 19.9 Å². The topological polar surface area (TPSA) is 92.1 Å². The number of amides is 2. The third kappa shape index (κ3) is 4.63. The molecule has 4 heterocycles. The first-order valence-corrected chi connectivity index (χ1v) is 12.7. The van der Waals surface area contributed by atoms with Gasteiger partial charge in [0, 0.05) is 63.3 Å². The highest BCUT2D eigenvalue weighted by Crippen LogP contribution is 2.43. The Kier molecular flexibility index (Phi) is 5.92. The predicted octanol–water partition coefficient (Wildman–Crippen LogP) is 3.30. The van der Waals surface area contributed by atoms with Gasteiger partial charge in [-0.1, -0.05) is 0 Å². The summed E-state index contributed by atoms with van der Waals surface area (Å²) >= 11 is 0. The van der Waals surface area contributed by atoms with Crippen molar-refractivity contribution in [2.75, 3.05) is 38.2 Å². The van der Waals surface area contributed by atoms with E-state index in [-0.39, 0.29) is 30.2 Å². The zero-order chi connectivity index (χ0) is 26.6. The third-order valence-corrected chi connectivity index (χ3v) is 7.32. The second-order valence-electron chi connectivity index (χ2n) is 10.2. The van der Waals surface area contributed by atoms with Gasteiger partial charge in [0.1, 0.15) is 17.4 Å². The molecule has 1 saturated carbocycles. The van der Waals surface area contributed by atoms with Gasteiger partial charge in [0.2, 0.25) is 0 Å². The number of hydrogen-bond acceptors (Lipinski definition) is 6. The molecule has 1 unspecified atom stereocenters. The maximum atomic E-state index is 14.7. The number of hydrogen-bond donors (Lipinski definition) is 1. The average Bonchev–Trinajstić information content (AvgIpc) is 3.64. The van der Waals surface area contributed by atoms with Crippen molar-refractivity contribution in [1.29, 1.82) is 0 Å². The quantitative estimate of drug-likeness (QED) is 0.521. The molecule has 2 aromatic heterocycles. The molecular weight excluding hydrogens is 501 g/mol. The molecule has 1 N–H and O–H groups in total. The lowest BCUT2D eigenvalue weighted by Gasteiger charge is -2.38. The lowest BCUT2D eigenvalue weighted by molar-refractivity contribution is -0.123. The van der Waals surface area contributed by atoms with Crippen LogP contribution in [0.5, 0.6) is 5.75 Å². The van der Waals surface area contributed by atoms with E-state index < -0.39 is 42.4 Å². The highest BCUT2D eigenvalue weighted by Gasteiger charge is 2.44. The predicted molar refractivity (Wildman–Crippen MR) is 131 cm³/mol. The number of nitrogens with zero attached hydrogens (tertiary/aromatic N) is 5. The highest BCUT2D eigenvalue weighted by molar-refractivity contribution is 5.97. The summed E-state index contributed by atoms with van der Waals surface area (Å²) in [4.78, 5) is 34.1. The van der Waals surface area contributed by atoms with Gasteiger partial charge in [-0.2, -0.15) is 9.61 Å². The summed E-state index contributed by atoms with van der Waals surface area (Å²) in [5.41, 5.74) is 1.54. The molecule has 1 aromatic carbocycles. The summed E-state index contributed by atoms with van der Waals surface area (Å²) in [6, 6.07) is 5.91. The van der Waals surface area contributed by atoms with E-state index in [1.165, 1.54) is 11.0 Å². The molecular formula is C26H27F3N6O3. The maximum Gasteiger partial charge on any atom is 0.258 e. The molecule has 2 bridgehead atoms. The van der Waals surface area contributed by atoms with Crippen LogP contribution in [0.2, 0.25) is 0 Å². The number of anilines is 1. The Balaban J connectivity index is 1.50. The summed E-state index contributed by atoms with van der Waals surface area (Å²) in [6.07, 6.45) is 0.888. The largest absolute Gasteiger partial charge is 0.483 e. The van der Waals surface area contributed by atoms with E-state index in [9.17, 15) is 22.8 Å².